The number of amides is 1. The van der Waals surface area contributed by atoms with Crippen molar-refractivity contribution < 1.29 is 9.53 Å². The summed E-state index contributed by atoms with van der Waals surface area (Å²) in [6.45, 7) is 3.44. The number of rotatable bonds is 6. The summed E-state index contributed by atoms with van der Waals surface area (Å²) < 4.78 is 5.20. The molecule has 1 aromatic carbocycles. The molecule has 0 spiro atoms. The number of carbonyl (C=O) groups is 1. The lowest BCUT2D eigenvalue weighted by Crippen LogP contribution is -2.38. The van der Waals surface area contributed by atoms with E-state index in [2.05, 4.69) is 37.3 Å². The Bertz CT molecular complexity index is 1180. The second-order valence-corrected chi connectivity index (χ2v) is 7.81. The Kier molecular flexibility index (Phi) is 6.13. The summed E-state index contributed by atoms with van der Waals surface area (Å²) in [5, 5.41) is 3.13. The molecular formula is C22H25N5O4. The molecule has 1 aliphatic heterocycles. The van der Waals surface area contributed by atoms with Crippen LogP contribution in [0.25, 0.3) is 11.0 Å². The second-order valence-electron chi connectivity index (χ2n) is 7.81. The van der Waals surface area contributed by atoms with Gasteiger partial charge in [0.1, 0.15) is 11.4 Å². The SMILES string of the molecule is COc1ccc(CN2CCC(CNC(=O)c3cnc4[nH]c(=O)[nH]c(=O)c4c3)CC2)cc1. The van der Waals surface area contributed by atoms with E-state index in [1.165, 1.54) is 17.8 Å². The highest BCUT2D eigenvalue weighted by atomic mass is 16.5. The van der Waals surface area contributed by atoms with Crippen LogP contribution in [0.1, 0.15) is 28.8 Å². The molecule has 162 valence electrons. The zero-order chi connectivity index (χ0) is 21.8. The molecule has 0 atom stereocenters. The molecule has 0 bridgehead atoms. The highest BCUT2D eigenvalue weighted by Crippen LogP contribution is 2.20. The summed E-state index contributed by atoms with van der Waals surface area (Å²) in [6.07, 6.45) is 3.38. The Hall–Kier alpha value is -3.46. The number of hydrogen-bond donors (Lipinski definition) is 3. The molecule has 0 saturated carbocycles. The zero-order valence-corrected chi connectivity index (χ0v) is 17.3. The number of aromatic nitrogens is 3. The summed E-state index contributed by atoms with van der Waals surface area (Å²) in [6, 6.07) is 9.58. The standard InChI is InChI=1S/C22H25N5O4/c1-31-17-4-2-15(3-5-17)13-27-8-6-14(7-9-27)11-24-20(28)16-10-18-19(23-12-16)25-22(30)26-21(18)29/h2-5,10,12,14H,6-9,11,13H2,1H3,(H,24,28)(H2,23,25,26,29,30). The van der Waals surface area contributed by atoms with Crippen molar-refractivity contribution in [2.24, 2.45) is 5.92 Å². The predicted octanol–water partition coefficient (Wildman–Crippen LogP) is 1.26. The number of H-pyrrole nitrogens is 2. The van der Waals surface area contributed by atoms with Crippen LogP contribution in [-0.2, 0) is 6.54 Å². The van der Waals surface area contributed by atoms with Crippen molar-refractivity contribution in [1.82, 2.24) is 25.2 Å². The number of aromatic amines is 2. The van der Waals surface area contributed by atoms with Crippen molar-refractivity contribution in [2.75, 3.05) is 26.7 Å². The van der Waals surface area contributed by atoms with Gasteiger partial charge in [-0.25, -0.2) is 9.78 Å². The van der Waals surface area contributed by atoms with Gasteiger partial charge in [0.25, 0.3) is 11.5 Å². The van der Waals surface area contributed by atoms with Gasteiger partial charge in [-0.15, -0.1) is 0 Å². The molecule has 1 saturated heterocycles. The van der Waals surface area contributed by atoms with Gasteiger partial charge in [-0.2, -0.15) is 0 Å². The highest BCUT2D eigenvalue weighted by molar-refractivity contribution is 5.96. The number of nitrogens with one attached hydrogen (secondary N) is 3. The van der Waals surface area contributed by atoms with E-state index in [-0.39, 0.29) is 16.9 Å². The first-order valence-electron chi connectivity index (χ1n) is 10.3. The van der Waals surface area contributed by atoms with Crippen molar-refractivity contribution in [1.29, 1.82) is 0 Å². The molecule has 1 amide bonds. The number of methoxy groups -OCH3 is 1. The van der Waals surface area contributed by atoms with Gasteiger partial charge in [0.15, 0.2) is 0 Å². The topological polar surface area (TPSA) is 120 Å². The van der Waals surface area contributed by atoms with Crippen LogP contribution < -0.4 is 21.3 Å². The minimum Gasteiger partial charge on any atom is -0.497 e. The third kappa shape index (κ3) is 5.00. The maximum absolute atomic E-state index is 12.5. The van der Waals surface area contributed by atoms with Crippen LogP contribution in [0.15, 0.2) is 46.1 Å². The Labute approximate surface area is 178 Å². The average molecular weight is 423 g/mol. The molecule has 9 heteroatoms. The molecule has 3 heterocycles. The number of benzene rings is 1. The van der Waals surface area contributed by atoms with Gasteiger partial charge in [-0.3, -0.25) is 24.5 Å². The van der Waals surface area contributed by atoms with E-state index in [0.29, 0.717) is 18.0 Å². The van der Waals surface area contributed by atoms with Crippen LogP contribution in [0.3, 0.4) is 0 Å². The molecule has 0 unspecified atom stereocenters. The monoisotopic (exact) mass is 423 g/mol. The number of carbonyl (C=O) groups excluding carboxylic acids is 1. The Morgan fingerprint density at radius 1 is 1.19 bits per heavy atom. The van der Waals surface area contributed by atoms with Crippen LogP contribution in [0, 0.1) is 5.92 Å². The Morgan fingerprint density at radius 3 is 2.65 bits per heavy atom. The zero-order valence-electron chi connectivity index (χ0n) is 17.3. The van der Waals surface area contributed by atoms with E-state index in [9.17, 15) is 14.4 Å². The second kappa shape index (κ2) is 9.13. The normalized spacial score (nSPS) is 15.1. The smallest absolute Gasteiger partial charge is 0.327 e. The van der Waals surface area contributed by atoms with Gasteiger partial charge in [-0.1, -0.05) is 12.1 Å². The number of likely N-dealkylation sites (tertiary alicyclic amines) is 1. The van der Waals surface area contributed by atoms with Gasteiger partial charge in [0, 0.05) is 19.3 Å². The van der Waals surface area contributed by atoms with Gasteiger partial charge >= 0.3 is 5.69 Å². The minimum atomic E-state index is -0.625. The number of pyridine rings is 1. The lowest BCUT2D eigenvalue weighted by molar-refractivity contribution is 0.0935. The molecule has 1 fully saturated rings. The van der Waals surface area contributed by atoms with Gasteiger partial charge in [-0.05, 0) is 55.6 Å². The minimum absolute atomic E-state index is 0.162. The number of ether oxygens (including phenoxy) is 1. The van der Waals surface area contributed by atoms with Crippen molar-refractivity contribution in [2.45, 2.75) is 19.4 Å². The predicted molar refractivity (Wildman–Crippen MR) is 116 cm³/mol. The molecule has 0 radical (unpaired) electrons. The Morgan fingerprint density at radius 2 is 1.94 bits per heavy atom. The summed E-state index contributed by atoms with van der Waals surface area (Å²) in [4.78, 5) is 46.8. The number of piperidine rings is 1. The Balaban J connectivity index is 1.28. The maximum atomic E-state index is 12.5. The van der Waals surface area contributed by atoms with Crippen LogP contribution in [0.5, 0.6) is 5.75 Å². The van der Waals surface area contributed by atoms with Crippen molar-refractivity contribution in [3.05, 3.63) is 68.5 Å². The average Bonchev–Trinajstić information content (AvgIpc) is 2.78. The van der Waals surface area contributed by atoms with E-state index in [1.54, 1.807) is 7.11 Å². The fourth-order valence-corrected chi connectivity index (χ4v) is 3.85. The fourth-order valence-electron chi connectivity index (χ4n) is 3.85. The highest BCUT2D eigenvalue weighted by Gasteiger charge is 2.20. The quantitative estimate of drug-likeness (QED) is 0.549. The molecule has 3 aromatic rings. The van der Waals surface area contributed by atoms with Crippen molar-refractivity contribution in [3.63, 3.8) is 0 Å². The lowest BCUT2D eigenvalue weighted by Gasteiger charge is -2.32. The molecule has 1 aliphatic rings. The molecule has 0 aliphatic carbocycles. The van der Waals surface area contributed by atoms with Crippen LogP contribution >= 0.6 is 0 Å². The first kappa shape index (κ1) is 20.8. The molecular weight excluding hydrogens is 398 g/mol. The van der Waals surface area contributed by atoms with Gasteiger partial charge < -0.3 is 10.1 Å². The van der Waals surface area contributed by atoms with Crippen LogP contribution in [-0.4, -0.2) is 52.5 Å². The van der Waals surface area contributed by atoms with Crippen molar-refractivity contribution in [3.8, 4) is 5.75 Å². The third-order valence-corrected chi connectivity index (χ3v) is 5.68. The van der Waals surface area contributed by atoms with E-state index in [0.717, 1.165) is 38.2 Å². The lowest BCUT2D eigenvalue weighted by atomic mass is 9.96. The van der Waals surface area contributed by atoms with Crippen molar-refractivity contribution >= 4 is 16.9 Å². The van der Waals surface area contributed by atoms with E-state index < -0.39 is 11.2 Å². The van der Waals surface area contributed by atoms with E-state index in [4.69, 9.17) is 4.74 Å². The molecule has 2 aromatic heterocycles. The number of hydrogen-bond acceptors (Lipinski definition) is 6. The first-order chi connectivity index (χ1) is 15.0. The third-order valence-electron chi connectivity index (χ3n) is 5.68. The maximum Gasteiger partial charge on any atom is 0.327 e. The molecule has 3 N–H and O–H groups in total. The summed E-state index contributed by atoms with van der Waals surface area (Å²) in [7, 11) is 1.66. The largest absolute Gasteiger partial charge is 0.497 e. The van der Waals surface area contributed by atoms with Gasteiger partial charge in [0.05, 0.1) is 18.1 Å². The van der Waals surface area contributed by atoms with Gasteiger partial charge in [0.2, 0.25) is 0 Å². The fraction of sp³-hybridized carbons (Fsp3) is 0.364. The summed E-state index contributed by atoms with van der Waals surface area (Å²) >= 11 is 0. The summed E-state index contributed by atoms with van der Waals surface area (Å²) in [5.41, 5.74) is 0.523. The van der Waals surface area contributed by atoms with Crippen LogP contribution in [0.4, 0.5) is 0 Å². The first-order valence-corrected chi connectivity index (χ1v) is 10.3. The number of fused-ring (bicyclic) bond motifs is 1. The van der Waals surface area contributed by atoms with E-state index >= 15 is 0 Å². The molecule has 4 rings (SSSR count). The van der Waals surface area contributed by atoms with E-state index in [1.807, 2.05) is 12.1 Å². The number of nitrogens with zero attached hydrogens (tertiary/aromatic N) is 2. The molecule has 9 nitrogen and oxygen atoms in total. The summed E-state index contributed by atoms with van der Waals surface area (Å²) in [5.74, 6) is 0.989. The molecule has 31 heavy (non-hydrogen) atoms. The van der Waals surface area contributed by atoms with Crippen LogP contribution in [0.2, 0.25) is 0 Å².